The summed E-state index contributed by atoms with van der Waals surface area (Å²) in [5.74, 6) is 1.45. The average Bonchev–Trinajstić information content (AvgIpc) is 2.90. The average molecular weight is 373 g/mol. The summed E-state index contributed by atoms with van der Waals surface area (Å²) in [5.41, 5.74) is 2.73. The molecule has 5 heteroatoms. The molecule has 5 nitrogen and oxygen atoms in total. The van der Waals surface area contributed by atoms with Crippen LogP contribution in [0.3, 0.4) is 0 Å². The molecule has 0 bridgehead atoms. The highest BCUT2D eigenvalue weighted by Crippen LogP contribution is 2.41. The van der Waals surface area contributed by atoms with Gasteiger partial charge in [-0.2, -0.15) is 0 Å². The van der Waals surface area contributed by atoms with E-state index >= 15 is 0 Å². The van der Waals surface area contributed by atoms with Gasteiger partial charge in [-0.3, -0.25) is 9.59 Å². The van der Waals surface area contributed by atoms with Crippen LogP contribution in [0, 0.1) is 5.92 Å². The Bertz CT molecular complexity index is 734. The van der Waals surface area contributed by atoms with E-state index < -0.39 is 0 Å². The topological polar surface area (TPSA) is 64.6 Å². The van der Waals surface area contributed by atoms with Gasteiger partial charge in [-0.25, -0.2) is 0 Å². The Labute approximate surface area is 162 Å². The minimum Gasteiger partial charge on any atom is -0.493 e. The van der Waals surface area contributed by atoms with E-state index in [4.69, 9.17) is 9.47 Å². The number of benzene rings is 1. The number of unbranched alkanes of at least 4 members (excludes halogenated alkanes) is 1. The molecule has 0 heterocycles. The van der Waals surface area contributed by atoms with Crippen molar-refractivity contribution in [3.8, 4) is 11.5 Å². The van der Waals surface area contributed by atoms with Gasteiger partial charge in [0.05, 0.1) is 19.9 Å². The normalized spacial score (nSPS) is 13.2. The zero-order chi connectivity index (χ0) is 20.0. The first kappa shape index (κ1) is 21.0. The quantitative estimate of drug-likeness (QED) is 0.643. The molecule has 0 fully saturated rings. The first-order chi connectivity index (χ1) is 12.9. The van der Waals surface area contributed by atoms with Gasteiger partial charge in [0.1, 0.15) is 0 Å². The lowest BCUT2D eigenvalue weighted by molar-refractivity contribution is -0.120. The second-order valence-electron chi connectivity index (χ2n) is 7.37. The van der Waals surface area contributed by atoms with E-state index in [9.17, 15) is 9.59 Å². The smallest absolute Gasteiger partial charge is 0.224 e. The Morgan fingerprint density at radius 1 is 1.07 bits per heavy atom. The summed E-state index contributed by atoms with van der Waals surface area (Å²) in [6, 6.07) is 3.56. The Hall–Kier alpha value is -2.30. The molecule has 1 aromatic carbocycles. The highest BCUT2D eigenvalue weighted by atomic mass is 16.5. The van der Waals surface area contributed by atoms with Crippen LogP contribution in [0.5, 0.6) is 11.5 Å². The number of methoxy groups -OCH3 is 2. The van der Waals surface area contributed by atoms with Crippen LogP contribution < -0.4 is 14.8 Å². The molecule has 27 heavy (non-hydrogen) atoms. The lowest BCUT2D eigenvalue weighted by atomic mass is 9.97. The van der Waals surface area contributed by atoms with E-state index in [1.165, 1.54) is 0 Å². The Kier molecular flexibility index (Phi) is 7.45. The molecule has 1 aliphatic rings. The Morgan fingerprint density at radius 2 is 1.70 bits per heavy atom. The van der Waals surface area contributed by atoms with E-state index in [-0.39, 0.29) is 11.7 Å². The second kappa shape index (κ2) is 9.58. The molecule has 1 aromatic rings. The maximum absolute atomic E-state index is 13.0. The number of Topliss-reactive ketones (excluding diaryl/α,β-unsaturated/α-hetero) is 1. The lowest BCUT2D eigenvalue weighted by Crippen LogP contribution is -2.26. The third-order valence-corrected chi connectivity index (χ3v) is 4.85. The van der Waals surface area contributed by atoms with Gasteiger partial charge in [0.15, 0.2) is 11.5 Å². The van der Waals surface area contributed by atoms with Crippen molar-refractivity contribution in [2.45, 2.75) is 59.3 Å². The maximum atomic E-state index is 13.0. The molecule has 0 atom stereocenters. The summed E-state index contributed by atoms with van der Waals surface area (Å²) in [6.07, 6.45) is 4.95. The minimum atomic E-state index is -0.143. The van der Waals surface area contributed by atoms with Crippen LogP contribution >= 0.6 is 0 Å². The number of hydrogen-bond acceptors (Lipinski definition) is 4. The van der Waals surface area contributed by atoms with Gasteiger partial charge in [0, 0.05) is 12.0 Å². The fourth-order valence-electron chi connectivity index (χ4n) is 3.34. The van der Waals surface area contributed by atoms with Gasteiger partial charge in [-0.05, 0) is 48.4 Å². The van der Waals surface area contributed by atoms with Crippen molar-refractivity contribution in [1.29, 1.82) is 0 Å². The zero-order valence-corrected chi connectivity index (χ0v) is 17.1. The molecule has 1 N–H and O–H groups in total. The third-order valence-electron chi connectivity index (χ3n) is 4.85. The Balaban J connectivity index is 2.39. The van der Waals surface area contributed by atoms with Crippen molar-refractivity contribution in [2.75, 3.05) is 14.2 Å². The van der Waals surface area contributed by atoms with Gasteiger partial charge in [-0.15, -0.1) is 0 Å². The summed E-state index contributed by atoms with van der Waals surface area (Å²) < 4.78 is 10.8. The standard InChI is InChI=1S/C22H31NO4/c1-6-7-11-20(24)23-21-15(10-8-9-14(2)3)16-12-18(26-4)19(27-5)13-17(16)22(21)25/h12-14H,6-11H2,1-5H3,(H,23,24,25). The molecule has 1 aliphatic carbocycles. The van der Waals surface area contributed by atoms with E-state index in [0.29, 0.717) is 35.1 Å². The van der Waals surface area contributed by atoms with E-state index in [0.717, 1.165) is 43.2 Å². The summed E-state index contributed by atoms with van der Waals surface area (Å²) in [6.45, 7) is 6.41. The molecular formula is C22H31NO4. The number of ketones is 1. The van der Waals surface area contributed by atoms with Crippen molar-refractivity contribution in [3.05, 3.63) is 29.0 Å². The molecule has 0 aromatic heterocycles. The molecule has 0 spiro atoms. The Morgan fingerprint density at radius 3 is 2.26 bits per heavy atom. The summed E-state index contributed by atoms with van der Waals surface area (Å²) in [7, 11) is 3.13. The lowest BCUT2D eigenvalue weighted by Gasteiger charge is -2.12. The summed E-state index contributed by atoms with van der Waals surface area (Å²) >= 11 is 0. The number of allylic oxidation sites excluding steroid dienone is 2. The molecule has 1 amide bonds. The number of nitrogens with one attached hydrogen (secondary N) is 1. The minimum absolute atomic E-state index is 0.103. The molecule has 2 rings (SSSR count). The van der Waals surface area contributed by atoms with Gasteiger partial charge >= 0.3 is 0 Å². The zero-order valence-electron chi connectivity index (χ0n) is 17.1. The highest BCUT2D eigenvalue weighted by molar-refractivity contribution is 6.22. The van der Waals surface area contributed by atoms with Crippen LogP contribution in [-0.4, -0.2) is 25.9 Å². The second-order valence-corrected chi connectivity index (χ2v) is 7.37. The van der Waals surface area contributed by atoms with Gasteiger partial charge < -0.3 is 14.8 Å². The first-order valence-corrected chi connectivity index (χ1v) is 9.76. The molecule has 148 valence electrons. The number of hydrogen-bond donors (Lipinski definition) is 1. The van der Waals surface area contributed by atoms with Crippen molar-refractivity contribution in [1.82, 2.24) is 5.32 Å². The van der Waals surface area contributed by atoms with Crippen LogP contribution in [0.1, 0.15) is 75.2 Å². The van der Waals surface area contributed by atoms with Crippen LogP contribution in [-0.2, 0) is 4.79 Å². The van der Waals surface area contributed by atoms with Crippen molar-refractivity contribution in [2.24, 2.45) is 5.92 Å². The largest absolute Gasteiger partial charge is 0.493 e. The van der Waals surface area contributed by atoms with Crippen molar-refractivity contribution >= 4 is 17.3 Å². The summed E-state index contributed by atoms with van der Waals surface area (Å²) in [5, 5.41) is 2.88. The molecular weight excluding hydrogens is 342 g/mol. The van der Waals surface area contributed by atoms with Gasteiger partial charge in [0.25, 0.3) is 0 Å². The van der Waals surface area contributed by atoms with E-state index in [1.807, 2.05) is 13.0 Å². The van der Waals surface area contributed by atoms with Crippen molar-refractivity contribution < 1.29 is 19.1 Å². The molecule has 0 aliphatic heterocycles. The number of amides is 1. The SMILES string of the molecule is CCCCC(=O)NC1=C(CCCC(C)C)c2cc(OC)c(OC)cc2C1=O. The van der Waals surface area contributed by atoms with E-state index in [1.54, 1.807) is 20.3 Å². The predicted octanol–water partition coefficient (Wildman–Crippen LogP) is 4.74. The number of rotatable bonds is 10. The highest BCUT2D eigenvalue weighted by Gasteiger charge is 2.32. The number of fused-ring (bicyclic) bond motifs is 1. The summed E-state index contributed by atoms with van der Waals surface area (Å²) in [4.78, 5) is 25.3. The molecule has 0 saturated carbocycles. The van der Waals surface area contributed by atoms with Crippen molar-refractivity contribution in [3.63, 3.8) is 0 Å². The molecule has 0 saturated heterocycles. The number of carbonyl (C=O) groups is 2. The van der Waals surface area contributed by atoms with Crippen LogP contribution in [0.2, 0.25) is 0 Å². The molecule has 0 radical (unpaired) electrons. The number of ether oxygens (including phenoxy) is 2. The van der Waals surface area contributed by atoms with Crippen LogP contribution in [0.25, 0.3) is 5.57 Å². The first-order valence-electron chi connectivity index (χ1n) is 9.76. The van der Waals surface area contributed by atoms with E-state index in [2.05, 4.69) is 19.2 Å². The monoisotopic (exact) mass is 373 g/mol. The van der Waals surface area contributed by atoms with Crippen LogP contribution in [0.4, 0.5) is 0 Å². The van der Waals surface area contributed by atoms with Gasteiger partial charge in [0.2, 0.25) is 11.7 Å². The fraction of sp³-hybridized carbons (Fsp3) is 0.545. The maximum Gasteiger partial charge on any atom is 0.224 e. The third kappa shape index (κ3) is 4.90. The number of carbonyl (C=O) groups excluding carboxylic acids is 2. The van der Waals surface area contributed by atoms with Crippen LogP contribution in [0.15, 0.2) is 17.8 Å². The van der Waals surface area contributed by atoms with Gasteiger partial charge in [-0.1, -0.05) is 33.6 Å². The molecule has 0 unspecified atom stereocenters. The fourth-order valence-corrected chi connectivity index (χ4v) is 3.34. The predicted molar refractivity (Wildman–Crippen MR) is 107 cm³/mol.